The second-order valence-electron chi connectivity index (χ2n) is 11.5. The summed E-state index contributed by atoms with van der Waals surface area (Å²) in [5.74, 6) is -4.08. The van der Waals surface area contributed by atoms with Crippen LogP contribution in [0.1, 0.15) is 101 Å². The molecule has 228 valence electrons. The van der Waals surface area contributed by atoms with Crippen LogP contribution >= 0.6 is 0 Å². The summed E-state index contributed by atoms with van der Waals surface area (Å²) in [6.45, 7) is 13.7. The van der Waals surface area contributed by atoms with Crippen molar-refractivity contribution in [2.45, 2.75) is 72.1 Å². The Morgan fingerprint density at radius 1 is 0.909 bits per heavy atom. The molecule has 0 aliphatic carbocycles. The normalized spacial score (nSPS) is 16.3. The molecule has 2 atom stereocenters. The van der Waals surface area contributed by atoms with Gasteiger partial charge in [0.2, 0.25) is 0 Å². The van der Waals surface area contributed by atoms with Crippen molar-refractivity contribution in [2.24, 2.45) is 0 Å². The summed E-state index contributed by atoms with van der Waals surface area (Å²) in [4.78, 5) is 53.2. The molecule has 2 aliphatic rings. The number of carbonyl (C=O) groups is 3. The maximum Gasteiger partial charge on any atom is 0.338 e. The molecule has 0 fully saturated rings. The standard InChI is InChI=1S/C34H36N4O6/c1-7-19-15(3)23-12-25-17(5)21(9-10-29(39)40)32(37-25)22(11-30(41)42)33-31(34(43)44)18(6)26(38-33)14-28-20(8-2)16(4)24(36-28)13-27(19)35-23/h7,12-14,17,21,36,38H,1,8-11H2,2-6H3,(H,39,40)(H,41,42)(H,43,44)/t17-,21-/m0/s1. The monoisotopic (exact) mass is 596 g/mol. The molecule has 2 aliphatic heterocycles. The van der Waals surface area contributed by atoms with Crippen LogP contribution in [0.4, 0.5) is 0 Å². The van der Waals surface area contributed by atoms with E-state index in [9.17, 15) is 29.7 Å². The lowest BCUT2D eigenvalue weighted by molar-refractivity contribution is -0.138. The first-order valence-electron chi connectivity index (χ1n) is 14.6. The van der Waals surface area contributed by atoms with E-state index in [-0.39, 0.29) is 35.4 Å². The summed E-state index contributed by atoms with van der Waals surface area (Å²) in [6.07, 6.45) is 2.04. The molecular weight excluding hydrogens is 560 g/mol. The van der Waals surface area contributed by atoms with Crippen molar-refractivity contribution in [3.05, 3.63) is 81.4 Å². The van der Waals surface area contributed by atoms with Crippen LogP contribution in [0.2, 0.25) is 0 Å². The van der Waals surface area contributed by atoms with Gasteiger partial charge in [-0.25, -0.2) is 9.78 Å². The zero-order chi connectivity index (χ0) is 32.0. The molecule has 8 bridgehead atoms. The van der Waals surface area contributed by atoms with Crippen molar-refractivity contribution in [3.63, 3.8) is 0 Å². The van der Waals surface area contributed by atoms with Gasteiger partial charge >= 0.3 is 17.9 Å². The quantitative estimate of drug-likeness (QED) is 0.192. The minimum atomic E-state index is -1.20. The predicted molar refractivity (Wildman–Crippen MR) is 169 cm³/mol. The van der Waals surface area contributed by atoms with Gasteiger partial charge in [0.1, 0.15) is 0 Å². The number of carboxylic acids is 3. The summed E-state index contributed by atoms with van der Waals surface area (Å²) >= 11 is 0. The van der Waals surface area contributed by atoms with Crippen molar-refractivity contribution in [3.8, 4) is 0 Å². The number of aryl methyl sites for hydroxylation is 3. The highest BCUT2D eigenvalue weighted by molar-refractivity contribution is 6.02. The molecule has 44 heavy (non-hydrogen) atoms. The molecule has 0 radical (unpaired) electrons. The Labute approximate surface area is 254 Å². The molecule has 0 aromatic carbocycles. The highest BCUT2D eigenvalue weighted by Crippen LogP contribution is 2.43. The molecule has 0 amide bonds. The topological polar surface area (TPSA) is 169 Å². The number of aromatic nitrogens is 4. The van der Waals surface area contributed by atoms with E-state index in [4.69, 9.17) is 9.97 Å². The Morgan fingerprint density at radius 3 is 2.23 bits per heavy atom. The number of aromatic amines is 2. The lowest BCUT2D eigenvalue weighted by Gasteiger charge is -2.17. The molecule has 0 saturated heterocycles. The number of nitrogens with one attached hydrogen (secondary N) is 2. The van der Waals surface area contributed by atoms with Gasteiger partial charge in [0.15, 0.2) is 0 Å². The Morgan fingerprint density at radius 2 is 1.61 bits per heavy atom. The van der Waals surface area contributed by atoms with Gasteiger partial charge in [-0.3, -0.25) is 14.6 Å². The van der Waals surface area contributed by atoms with Crippen LogP contribution in [0.3, 0.4) is 0 Å². The van der Waals surface area contributed by atoms with E-state index >= 15 is 0 Å². The summed E-state index contributed by atoms with van der Waals surface area (Å²) in [5, 5.41) is 29.9. The number of nitrogens with zero attached hydrogens (tertiary/aromatic N) is 2. The van der Waals surface area contributed by atoms with Crippen molar-refractivity contribution < 1.29 is 29.7 Å². The number of hydrogen-bond donors (Lipinski definition) is 5. The molecule has 5 rings (SSSR count). The summed E-state index contributed by atoms with van der Waals surface area (Å²) in [5.41, 5.74) is 9.27. The van der Waals surface area contributed by atoms with Crippen LogP contribution in [0, 0.1) is 13.8 Å². The SMILES string of the molecule is C=CC1=C(C)c2cc3nc(c(CC(=O)O)c4[nH]c(cc5[nH]c(cc1n2)c(C)c5CC)c(C)c4C(=O)O)[C@@H](CCC(=O)O)[C@@H]3C. The fourth-order valence-corrected chi connectivity index (χ4v) is 6.53. The predicted octanol–water partition coefficient (Wildman–Crippen LogP) is 6.69. The number of aromatic carboxylic acids is 1. The first kappa shape index (κ1) is 30.5. The van der Waals surface area contributed by atoms with Crippen LogP contribution in [-0.4, -0.2) is 53.2 Å². The zero-order valence-electron chi connectivity index (χ0n) is 25.5. The lowest BCUT2D eigenvalue weighted by Crippen LogP contribution is -2.11. The van der Waals surface area contributed by atoms with Gasteiger partial charge in [0.25, 0.3) is 0 Å². The maximum atomic E-state index is 12.7. The fourth-order valence-electron chi connectivity index (χ4n) is 6.53. The van der Waals surface area contributed by atoms with Gasteiger partial charge in [-0.15, -0.1) is 0 Å². The molecule has 0 spiro atoms. The number of hydrogen-bond acceptors (Lipinski definition) is 5. The van der Waals surface area contributed by atoms with Crippen molar-refractivity contribution in [1.82, 2.24) is 19.9 Å². The molecule has 3 aromatic heterocycles. The van der Waals surface area contributed by atoms with Gasteiger partial charge in [-0.05, 0) is 74.1 Å². The van der Waals surface area contributed by atoms with Gasteiger partial charge in [-0.2, -0.15) is 0 Å². The smallest absolute Gasteiger partial charge is 0.338 e. The third-order valence-electron chi connectivity index (χ3n) is 8.95. The highest BCUT2D eigenvalue weighted by Gasteiger charge is 2.33. The van der Waals surface area contributed by atoms with E-state index in [1.54, 1.807) is 13.0 Å². The third-order valence-corrected chi connectivity index (χ3v) is 8.95. The molecule has 10 heteroatoms. The number of allylic oxidation sites excluding steroid dienone is 3. The average Bonchev–Trinajstić information content (AvgIpc) is 3.63. The van der Waals surface area contributed by atoms with Crippen LogP contribution < -0.4 is 0 Å². The van der Waals surface area contributed by atoms with Gasteiger partial charge in [-0.1, -0.05) is 26.5 Å². The number of rotatable bonds is 8. The number of H-pyrrole nitrogens is 2. The zero-order valence-corrected chi connectivity index (χ0v) is 25.5. The summed E-state index contributed by atoms with van der Waals surface area (Å²) in [6, 6.07) is 5.70. The fraction of sp³-hybridized carbons (Fsp3) is 0.324. The van der Waals surface area contributed by atoms with E-state index < -0.39 is 30.2 Å². The number of aliphatic carboxylic acids is 2. The lowest BCUT2D eigenvalue weighted by atomic mass is 9.85. The number of carboxylic acid groups (broad SMARTS) is 3. The molecule has 3 aromatic rings. The first-order valence-corrected chi connectivity index (χ1v) is 14.6. The Kier molecular flexibility index (Phi) is 8.03. The van der Waals surface area contributed by atoms with Gasteiger partial charge < -0.3 is 25.3 Å². The maximum absolute atomic E-state index is 12.7. The largest absolute Gasteiger partial charge is 0.481 e. The highest BCUT2D eigenvalue weighted by atomic mass is 16.4. The molecule has 5 heterocycles. The number of fused-ring (bicyclic) bond motifs is 8. The van der Waals surface area contributed by atoms with E-state index in [0.29, 0.717) is 28.2 Å². The molecule has 5 N–H and O–H groups in total. The van der Waals surface area contributed by atoms with Gasteiger partial charge in [0.05, 0.1) is 34.6 Å². The van der Waals surface area contributed by atoms with Crippen molar-refractivity contribution in [2.75, 3.05) is 0 Å². The second-order valence-corrected chi connectivity index (χ2v) is 11.5. The Balaban J connectivity index is 2.04. The minimum Gasteiger partial charge on any atom is -0.481 e. The Bertz CT molecular complexity index is 1940. The molecule has 0 saturated carbocycles. The Hall–Kier alpha value is -4.99. The summed E-state index contributed by atoms with van der Waals surface area (Å²) in [7, 11) is 0. The second kappa shape index (κ2) is 11.6. The van der Waals surface area contributed by atoms with E-state index in [1.807, 2.05) is 45.9 Å². The van der Waals surface area contributed by atoms with E-state index in [2.05, 4.69) is 16.5 Å². The van der Waals surface area contributed by atoms with Crippen LogP contribution in [-0.2, 0) is 22.4 Å². The average molecular weight is 597 g/mol. The minimum absolute atomic E-state index is 0.0388. The third kappa shape index (κ3) is 5.21. The molecule has 10 nitrogen and oxygen atoms in total. The summed E-state index contributed by atoms with van der Waals surface area (Å²) < 4.78 is 0. The van der Waals surface area contributed by atoms with Crippen LogP contribution in [0.25, 0.3) is 33.2 Å². The molecular formula is C34H36N4O6. The van der Waals surface area contributed by atoms with Crippen LogP contribution in [0.15, 0.2) is 30.9 Å². The van der Waals surface area contributed by atoms with Crippen LogP contribution in [0.5, 0.6) is 0 Å². The van der Waals surface area contributed by atoms with E-state index in [1.165, 1.54) is 0 Å². The van der Waals surface area contributed by atoms with Crippen molar-refractivity contribution in [1.29, 1.82) is 0 Å². The van der Waals surface area contributed by atoms with E-state index in [0.717, 1.165) is 45.4 Å². The van der Waals surface area contributed by atoms with Crippen molar-refractivity contribution >= 4 is 51.1 Å². The van der Waals surface area contributed by atoms with Gasteiger partial charge in [0, 0.05) is 51.6 Å². The first-order chi connectivity index (χ1) is 20.9. The molecule has 0 unspecified atom stereocenters.